The van der Waals surface area contributed by atoms with E-state index in [0.29, 0.717) is 12.1 Å². The van der Waals surface area contributed by atoms with E-state index in [1.54, 1.807) is 6.92 Å². The predicted molar refractivity (Wildman–Crippen MR) is 73.2 cm³/mol. The van der Waals surface area contributed by atoms with Crippen LogP contribution in [0, 0.1) is 6.92 Å². The van der Waals surface area contributed by atoms with E-state index in [1.165, 1.54) is 10.4 Å². The van der Waals surface area contributed by atoms with Gasteiger partial charge in [-0.2, -0.15) is 4.31 Å². The van der Waals surface area contributed by atoms with Gasteiger partial charge in [-0.15, -0.1) is 11.3 Å². The number of aromatic carboxylic acids is 1. The van der Waals surface area contributed by atoms with E-state index in [2.05, 4.69) is 0 Å². The van der Waals surface area contributed by atoms with Crippen LogP contribution in [-0.2, 0) is 10.0 Å². The third kappa shape index (κ3) is 2.68. The van der Waals surface area contributed by atoms with Crippen LogP contribution < -0.4 is 0 Å². The van der Waals surface area contributed by atoms with Crippen molar-refractivity contribution in [1.82, 2.24) is 4.31 Å². The predicted octanol–water partition coefficient (Wildman–Crippen LogP) is 2.32. The van der Waals surface area contributed by atoms with Crippen molar-refractivity contribution >= 4 is 27.3 Å². The molecule has 19 heavy (non-hydrogen) atoms. The highest BCUT2D eigenvalue weighted by Gasteiger charge is 2.33. The first-order valence-electron chi connectivity index (χ1n) is 6.19. The Bertz CT molecular complexity index is 591. The van der Waals surface area contributed by atoms with Crippen LogP contribution in [0.4, 0.5) is 0 Å². The minimum Gasteiger partial charge on any atom is -0.477 e. The Balaban J connectivity index is 2.39. The van der Waals surface area contributed by atoms with Gasteiger partial charge >= 0.3 is 5.97 Å². The van der Waals surface area contributed by atoms with Gasteiger partial charge in [0.1, 0.15) is 9.09 Å². The first kappa shape index (κ1) is 14.5. The number of rotatable bonds is 3. The minimum absolute atomic E-state index is 0.0190. The number of thiophene rings is 1. The summed E-state index contributed by atoms with van der Waals surface area (Å²) in [6.45, 7) is 4.04. The SMILES string of the molecule is Cc1cc(S(=O)(=O)N2CCCC[C@@H]2C)sc1C(=O)O. The van der Waals surface area contributed by atoms with Gasteiger partial charge in [0, 0.05) is 12.6 Å². The molecule has 1 atom stereocenters. The molecule has 1 N–H and O–H groups in total. The molecular weight excluding hydrogens is 286 g/mol. The van der Waals surface area contributed by atoms with E-state index in [4.69, 9.17) is 5.11 Å². The van der Waals surface area contributed by atoms with E-state index in [0.717, 1.165) is 30.6 Å². The number of hydrogen-bond donors (Lipinski definition) is 1. The summed E-state index contributed by atoms with van der Waals surface area (Å²) in [6, 6.07) is 1.44. The van der Waals surface area contributed by atoms with Gasteiger partial charge in [0.2, 0.25) is 0 Å². The van der Waals surface area contributed by atoms with Gasteiger partial charge < -0.3 is 5.11 Å². The molecule has 1 aromatic heterocycles. The number of carboxylic acids is 1. The maximum Gasteiger partial charge on any atom is 0.346 e. The van der Waals surface area contributed by atoms with Gasteiger partial charge in [0.05, 0.1) is 0 Å². The zero-order valence-corrected chi connectivity index (χ0v) is 12.6. The minimum atomic E-state index is -3.56. The van der Waals surface area contributed by atoms with Crippen molar-refractivity contribution < 1.29 is 18.3 Å². The molecule has 2 heterocycles. The standard InChI is InChI=1S/C12H17NO4S2/c1-8-7-10(18-11(8)12(14)15)19(16,17)13-6-4-3-5-9(13)2/h7,9H,3-6H2,1-2H3,(H,14,15)/t9-/m0/s1. The average Bonchev–Trinajstić information content (AvgIpc) is 2.72. The smallest absolute Gasteiger partial charge is 0.346 e. The Hall–Kier alpha value is -0.920. The van der Waals surface area contributed by atoms with Crippen molar-refractivity contribution in [1.29, 1.82) is 0 Å². The fraction of sp³-hybridized carbons (Fsp3) is 0.583. The number of aryl methyl sites for hydroxylation is 1. The van der Waals surface area contributed by atoms with Crippen molar-refractivity contribution in [2.24, 2.45) is 0 Å². The normalized spacial score (nSPS) is 21.5. The molecule has 1 aliphatic rings. The Morgan fingerprint density at radius 2 is 2.16 bits per heavy atom. The second-order valence-electron chi connectivity index (χ2n) is 4.84. The van der Waals surface area contributed by atoms with E-state index in [1.807, 2.05) is 6.92 Å². The lowest BCUT2D eigenvalue weighted by atomic mass is 10.1. The quantitative estimate of drug-likeness (QED) is 0.930. The Kier molecular flexibility index (Phi) is 3.98. The Morgan fingerprint density at radius 1 is 1.47 bits per heavy atom. The number of piperidine rings is 1. The van der Waals surface area contributed by atoms with Gasteiger partial charge in [-0.25, -0.2) is 13.2 Å². The zero-order valence-electron chi connectivity index (χ0n) is 10.9. The zero-order chi connectivity index (χ0) is 14.2. The van der Waals surface area contributed by atoms with Crippen molar-refractivity contribution in [3.05, 3.63) is 16.5 Å². The lowest BCUT2D eigenvalue weighted by Crippen LogP contribution is -2.41. The summed E-state index contributed by atoms with van der Waals surface area (Å²) in [4.78, 5) is 11.1. The summed E-state index contributed by atoms with van der Waals surface area (Å²) in [5.41, 5.74) is 0.501. The monoisotopic (exact) mass is 303 g/mol. The van der Waals surface area contributed by atoms with Crippen molar-refractivity contribution in [3.8, 4) is 0 Å². The van der Waals surface area contributed by atoms with Gasteiger partial charge in [-0.05, 0) is 38.3 Å². The Morgan fingerprint density at radius 3 is 2.68 bits per heavy atom. The topological polar surface area (TPSA) is 74.7 Å². The summed E-state index contributed by atoms with van der Waals surface area (Å²) in [6.07, 6.45) is 2.76. The van der Waals surface area contributed by atoms with Crippen LogP contribution in [-0.4, -0.2) is 36.4 Å². The molecule has 0 amide bonds. The van der Waals surface area contributed by atoms with Crippen LogP contribution in [0.25, 0.3) is 0 Å². The molecule has 7 heteroatoms. The van der Waals surface area contributed by atoms with Gasteiger partial charge in [-0.1, -0.05) is 6.42 Å². The molecule has 5 nitrogen and oxygen atoms in total. The molecule has 0 unspecified atom stereocenters. The van der Waals surface area contributed by atoms with Crippen LogP contribution in [0.3, 0.4) is 0 Å². The first-order valence-corrected chi connectivity index (χ1v) is 8.45. The van der Waals surface area contributed by atoms with Crippen LogP contribution in [0.5, 0.6) is 0 Å². The maximum atomic E-state index is 12.5. The molecule has 0 spiro atoms. The van der Waals surface area contributed by atoms with Gasteiger partial charge in [0.25, 0.3) is 10.0 Å². The second kappa shape index (κ2) is 5.22. The molecule has 1 aliphatic heterocycles. The molecule has 0 saturated carbocycles. The highest BCUT2D eigenvalue weighted by molar-refractivity contribution is 7.91. The van der Waals surface area contributed by atoms with Gasteiger partial charge in [0.15, 0.2) is 0 Å². The van der Waals surface area contributed by atoms with E-state index in [9.17, 15) is 13.2 Å². The molecular formula is C12H17NO4S2. The molecule has 0 aromatic carbocycles. The number of sulfonamides is 1. The lowest BCUT2D eigenvalue weighted by molar-refractivity contribution is 0.0701. The molecule has 1 aromatic rings. The fourth-order valence-corrected chi connectivity index (χ4v) is 5.54. The van der Waals surface area contributed by atoms with Crippen LogP contribution >= 0.6 is 11.3 Å². The van der Waals surface area contributed by atoms with Crippen LogP contribution in [0.2, 0.25) is 0 Å². The number of carbonyl (C=O) groups is 1. The van der Waals surface area contributed by atoms with Crippen molar-refractivity contribution in [2.75, 3.05) is 6.54 Å². The number of nitrogens with zero attached hydrogens (tertiary/aromatic N) is 1. The van der Waals surface area contributed by atoms with Crippen LogP contribution in [0.1, 0.15) is 41.4 Å². The maximum absolute atomic E-state index is 12.5. The van der Waals surface area contributed by atoms with Gasteiger partial charge in [-0.3, -0.25) is 0 Å². The summed E-state index contributed by atoms with van der Waals surface area (Å²) < 4.78 is 26.7. The van der Waals surface area contributed by atoms with Crippen molar-refractivity contribution in [2.45, 2.75) is 43.4 Å². The summed E-state index contributed by atoms with van der Waals surface area (Å²) in [7, 11) is -3.56. The molecule has 1 saturated heterocycles. The molecule has 1 fully saturated rings. The summed E-state index contributed by atoms with van der Waals surface area (Å²) in [5.74, 6) is -1.07. The third-order valence-electron chi connectivity index (χ3n) is 3.39. The second-order valence-corrected chi connectivity index (χ2v) is 8.01. The molecule has 2 rings (SSSR count). The molecule has 0 bridgehead atoms. The highest BCUT2D eigenvalue weighted by Crippen LogP contribution is 2.31. The number of hydrogen-bond acceptors (Lipinski definition) is 4. The lowest BCUT2D eigenvalue weighted by Gasteiger charge is -2.31. The largest absolute Gasteiger partial charge is 0.477 e. The summed E-state index contributed by atoms with van der Waals surface area (Å²) >= 11 is 0.841. The van der Waals surface area contributed by atoms with E-state index in [-0.39, 0.29) is 15.1 Å². The van der Waals surface area contributed by atoms with E-state index < -0.39 is 16.0 Å². The van der Waals surface area contributed by atoms with Crippen molar-refractivity contribution in [3.63, 3.8) is 0 Å². The summed E-state index contributed by atoms with van der Waals surface area (Å²) in [5, 5.41) is 9.01. The fourth-order valence-electron chi connectivity index (χ4n) is 2.34. The average molecular weight is 303 g/mol. The highest BCUT2D eigenvalue weighted by atomic mass is 32.2. The first-order chi connectivity index (χ1) is 8.84. The Labute approximate surface area is 116 Å². The van der Waals surface area contributed by atoms with E-state index >= 15 is 0 Å². The molecule has 0 radical (unpaired) electrons. The van der Waals surface area contributed by atoms with Crippen LogP contribution in [0.15, 0.2) is 10.3 Å². The molecule has 106 valence electrons. The number of carboxylic acid groups (broad SMARTS) is 1. The molecule has 0 aliphatic carbocycles. The third-order valence-corrected chi connectivity index (χ3v) is 7.08.